The zero-order chi connectivity index (χ0) is 14.6. The topological polar surface area (TPSA) is 60.9 Å². The number of nitrogens with zero attached hydrogens (tertiary/aromatic N) is 2. The van der Waals surface area contributed by atoms with Crippen LogP contribution in [0.5, 0.6) is 0 Å². The summed E-state index contributed by atoms with van der Waals surface area (Å²) in [6, 6.07) is 4.85. The first-order valence-corrected chi connectivity index (χ1v) is 6.23. The number of hydrogen-bond acceptors (Lipinski definition) is 3. The maximum Gasteiger partial charge on any atom is 0.339 e. The molecule has 0 fully saturated rings. The van der Waals surface area contributed by atoms with Crippen molar-refractivity contribution in [2.45, 2.75) is 6.92 Å². The number of halogens is 1. The molecule has 0 saturated heterocycles. The van der Waals surface area contributed by atoms with Crippen LogP contribution in [0.4, 0.5) is 5.69 Å². The third-order valence-electron chi connectivity index (χ3n) is 2.75. The number of likely N-dealkylation sites (N-methyl/N-ethyl adjacent to an activating group) is 2. The van der Waals surface area contributed by atoms with Crippen LogP contribution in [0.25, 0.3) is 0 Å². The molecule has 0 aliphatic heterocycles. The quantitative estimate of drug-likeness (QED) is 0.898. The molecule has 6 heteroatoms. The van der Waals surface area contributed by atoms with E-state index in [0.717, 1.165) is 0 Å². The van der Waals surface area contributed by atoms with E-state index in [0.29, 0.717) is 12.2 Å². The van der Waals surface area contributed by atoms with Crippen molar-refractivity contribution in [1.82, 2.24) is 4.90 Å². The lowest BCUT2D eigenvalue weighted by Crippen LogP contribution is -2.37. The summed E-state index contributed by atoms with van der Waals surface area (Å²) in [5.74, 6) is -1.20. The number of carbonyl (C=O) groups is 2. The highest BCUT2D eigenvalue weighted by Crippen LogP contribution is 2.27. The molecule has 0 saturated carbocycles. The van der Waals surface area contributed by atoms with Gasteiger partial charge in [-0.2, -0.15) is 0 Å². The summed E-state index contributed by atoms with van der Waals surface area (Å²) >= 11 is 5.92. The molecule has 0 aliphatic carbocycles. The Kier molecular flexibility index (Phi) is 5.18. The molecule has 0 aromatic heterocycles. The summed E-state index contributed by atoms with van der Waals surface area (Å²) in [7, 11) is 3.32. The highest BCUT2D eigenvalue weighted by molar-refractivity contribution is 6.34. The second-order valence-electron chi connectivity index (χ2n) is 4.24. The van der Waals surface area contributed by atoms with E-state index in [9.17, 15) is 14.7 Å². The zero-order valence-corrected chi connectivity index (χ0v) is 11.9. The van der Waals surface area contributed by atoms with E-state index in [1.165, 1.54) is 11.0 Å². The van der Waals surface area contributed by atoms with E-state index >= 15 is 0 Å². The molecule has 0 heterocycles. The van der Waals surface area contributed by atoms with Crippen LogP contribution in [-0.4, -0.2) is 49.1 Å². The number of hydrogen-bond donors (Lipinski definition) is 1. The van der Waals surface area contributed by atoms with Crippen LogP contribution in [-0.2, 0) is 4.79 Å². The normalized spacial score (nSPS) is 10.1. The lowest BCUT2D eigenvalue weighted by Gasteiger charge is -2.25. The van der Waals surface area contributed by atoms with Crippen LogP contribution >= 0.6 is 11.6 Å². The molecule has 104 valence electrons. The Labute approximate surface area is 117 Å². The first kappa shape index (κ1) is 15.3. The Morgan fingerprint density at radius 1 is 1.32 bits per heavy atom. The first-order chi connectivity index (χ1) is 8.88. The Hall–Kier alpha value is -1.75. The van der Waals surface area contributed by atoms with E-state index < -0.39 is 5.97 Å². The van der Waals surface area contributed by atoms with Gasteiger partial charge in [0.15, 0.2) is 0 Å². The number of benzene rings is 1. The molecule has 0 unspecified atom stereocenters. The molecule has 0 atom stereocenters. The lowest BCUT2D eigenvalue weighted by molar-refractivity contribution is -0.127. The summed E-state index contributed by atoms with van der Waals surface area (Å²) in [6.45, 7) is 2.49. The van der Waals surface area contributed by atoms with Crippen molar-refractivity contribution in [2.75, 3.05) is 32.1 Å². The van der Waals surface area contributed by atoms with Gasteiger partial charge in [-0.25, -0.2) is 4.79 Å². The van der Waals surface area contributed by atoms with E-state index in [-0.39, 0.29) is 23.0 Å². The number of rotatable bonds is 5. The van der Waals surface area contributed by atoms with Crippen LogP contribution in [0.1, 0.15) is 17.3 Å². The minimum atomic E-state index is -1.10. The second-order valence-corrected chi connectivity index (χ2v) is 4.65. The van der Waals surface area contributed by atoms with Crippen molar-refractivity contribution < 1.29 is 14.7 Å². The molecule has 1 rings (SSSR count). The molecule has 0 radical (unpaired) electrons. The molecule has 0 bridgehead atoms. The second kappa shape index (κ2) is 6.43. The van der Waals surface area contributed by atoms with Crippen LogP contribution in [0.15, 0.2) is 18.2 Å². The maximum atomic E-state index is 11.8. The fourth-order valence-electron chi connectivity index (χ4n) is 1.66. The number of anilines is 1. The number of aromatic carboxylic acids is 1. The molecule has 19 heavy (non-hydrogen) atoms. The lowest BCUT2D eigenvalue weighted by atomic mass is 10.1. The highest BCUT2D eigenvalue weighted by atomic mass is 35.5. The summed E-state index contributed by atoms with van der Waals surface area (Å²) in [4.78, 5) is 26.2. The molecular weight excluding hydrogens is 268 g/mol. The molecule has 0 aliphatic rings. The van der Waals surface area contributed by atoms with E-state index in [1.807, 2.05) is 6.92 Å². The zero-order valence-electron chi connectivity index (χ0n) is 11.2. The van der Waals surface area contributed by atoms with Gasteiger partial charge in [0, 0.05) is 20.6 Å². The Balaban J connectivity index is 3.15. The highest BCUT2D eigenvalue weighted by Gasteiger charge is 2.20. The van der Waals surface area contributed by atoms with Gasteiger partial charge in [0.05, 0.1) is 17.3 Å². The average molecular weight is 285 g/mol. The Morgan fingerprint density at radius 3 is 2.42 bits per heavy atom. The average Bonchev–Trinajstić information content (AvgIpc) is 2.34. The predicted octanol–water partition coefficient (Wildman–Crippen LogP) is 1.95. The summed E-state index contributed by atoms with van der Waals surface area (Å²) in [6.07, 6.45) is 0. The van der Waals surface area contributed by atoms with Crippen LogP contribution in [0.3, 0.4) is 0 Å². The van der Waals surface area contributed by atoms with E-state index in [2.05, 4.69) is 0 Å². The van der Waals surface area contributed by atoms with Crippen molar-refractivity contribution in [1.29, 1.82) is 0 Å². The number of amides is 1. The number of carboxylic acid groups (broad SMARTS) is 1. The Morgan fingerprint density at radius 2 is 1.95 bits per heavy atom. The molecule has 1 aromatic carbocycles. The van der Waals surface area contributed by atoms with Gasteiger partial charge in [-0.05, 0) is 19.1 Å². The van der Waals surface area contributed by atoms with Crippen LogP contribution in [0.2, 0.25) is 5.02 Å². The summed E-state index contributed by atoms with van der Waals surface area (Å²) in [5.41, 5.74) is 0.482. The smallest absolute Gasteiger partial charge is 0.339 e. The summed E-state index contributed by atoms with van der Waals surface area (Å²) in [5, 5.41) is 9.40. The molecule has 1 N–H and O–H groups in total. The third-order valence-corrected chi connectivity index (χ3v) is 3.07. The van der Waals surface area contributed by atoms with Crippen molar-refractivity contribution in [2.24, 2.45) is 0 Å². The SMILES string of the molecule is CCN(CC(=O)N(C)C)c1cccc(Cl)c1C(=O)O. The maximum absolute atomic E-state index is 11.8. The van der Waals surface area contributed by atoms with E-state index in [4.69, 9.17) is 11.6 Å². The van der Waals surface area contributed by atoms with Gasteiger partial charge in [-0.3, -0.25) is 4.79 Å². The number of carboxylic acids is 1. The fourth-order valence-corrected chi connectivity index (χ4v) is 1.91. The van der Waals surface area contributed by atoms with Crippen molar-refractivity contribution in [3.05, 3.63) is 28.8 Å². The van der Waals surface area contributed by atoms with Gasteiger partial charge in [-0.15, -0.1) is 0 Å². The van der Waals surface area contributed by atoms with Gasteiger partial charge >= 0.3 is 5.97 Å². The Bertz CT molecular complexity index is 489. The van der Waals surface area contributed by atoms with Crippen LogP contribution in [0, 0.1) is 0 Å². The van der Waals surface area contributed by atoms with Crippen molar-refractivity contribution in [3.8, 4) is 0 Å². The van der Waals surface area contributed by atoms with Gasteiger partial charge in [0.2, 0.25) is 5.91 Å². The minimum absolute atomic E-state index is 0.0255. The van der Waals surface area contributed by atoms with E-state index in [1.54, 1.807) is 31.1 Å². The third kappa shape index (κ3) is 3.61. The first-order valence-electron chi connectivity index (χ1n) is 5.85. The number of carbonyl (C=O) groups excluding carboxylic acids is 1. The van der Waals surface area contributed by atoms with Gasteiger partial charge in [0.25, 0.3) is 0 Å². The van der Waals surface area contributed by atoms with Gasteiger partial charge in [-0.1, -0.05) is 17.7 Å². The minimum Gasteiger partial charge on any atom is -0.478 e. The van der Waals surface area contributed by atoms with Gasteiger partial charge in [0.1, 0.15) is 5.56 Å². The molecule has 0 spiro atoms. The molecular formula is C13H17ClN2O3. The fraction of sp³-hybridized carbons (Fsp3) is 0.385. The monoisotopic (exact) mass is 284 g/mol. The predicted molar refractivity (Wildman–Crippen MR) is 75.0 cm³/mol. The van der Waals surface area contributed by atoms with Crippen molar-refractivity contribution in [3.63, 3.8) is 0 Å². The largest absolute Gasteiger partial charge is 0.478 e. The van der Waals surface area contributed by atoms with Crippen LogP contribution < -0.4 is 4.90 Å². The molecule has 5 nitrogen and oxygen atoms in total. The van der Waals surface area contributed by atoms with Gasteiger partial charge < -0.3 is 14.9 Å². The molecule has 1 aromatic rings. The van der Waals surface area contributed by atoms with Crippen molar-refractivity contribution >= 4 is 29.2 Å². The summed E-state index contributed by atoms with van der Waals surface area (Å²) < 4.78 is 0. The standard InChI is InChI=1S/C13H17ClN2O3/c1-4-16(8-11(17)15(2)3)10-7-5-6-9(14)12(10)13(18)19/h5-7H,4,8H2,1-3H3,(H,18,19). The molecule has 1 amide bonds.